The standard InChI is InChI=1S/C25H31N3OS2/c1-2-27-11-13-28(14-12-27)16-18-7-9-19(10-8-18)26-25(29)24-15-23-21(17-30-24)20-5-3-4-6-22(20)31-23/h7-10,15H,2-6,11-14,16-17H2,1H3,(H,26,29). The van der Waals surface area contributed by atoms with Gasteiger partial charge in [-0.3, -0.25) is 9.69 Å². The van der Waals surface area contributed by atoms with Crippen LogP contribution in [0.4, 0.5) is 5.69 Å². The van der Waals surface area contributed by atoms with E-state index in [-0.39, 0.29) is 5.91 Å². The number of amides is 1. The van der Waals surface area contributed by atoms with Gasteiger partial charge < -0.3 is 10.2 Å². The lowest BCUT2D eigenvalue weighted by Crippen LogP contribution is -2.45. The molecule has 1 aliphatic carbocycles. The Balaban J connectivity index is 1.19. The summed E-state index contributed by atoms with van der Waals surface area (Å²) in [7, 11) is 0. The number of carbonyl (C=O) groups excluding carboxylic acids is 1. The molecule has 6 heteroatoms. The summed E-state index contributed by atoms with van der Waals surface area (Å²) in [5.41, 5.74) is 5.26. The van der Waals surface area contributed by atoms with E-state index < -0.39 is 0 Å². The average molecular weight is 454 g/mol. The van der Waals surface area contributed by atoms with E-state index in [9.17, 15) is 4.79 Å². The number of hydrogen-bond acceptors (Lipinski definition) is 5. The number of rotatable bonds is 5. The summed E-state index contributed by atoms with van der Waals surface area (Å²) in [5.74, 6) is 0.954. The Morgan fingerprint density at radius 3 is 2.52 bits per heavy atom. The second-order valence-electron chi connectivity index (χ2n) is 8.71. The van der Waals surface area contributed by atoms with Crippen LogP contribution in [0.2, 0.25) is 0 Å². The maximum absolute atomic E-state index is 12.9. The molecule has 2 aliphatic heterocycles. The Kier molecular flexibility index (Phi) is 6.51. The van der Waals surface area contributed by atoms with E-state index in [1.807, 2.05) is 23.5 Å². The second kappa shape index (κ2) is 9.49. The van der Waals surface area contributed by atoms with Gasteiger partial charge in [-0.15, -0.1) is 23.1 Å². The molecule has 2 aromatic rings. The minimum atomic E-state index is 0.0189. The SMILES string of the molecule is CCN1CCN(Cc2ccc(NC(=O)C3=Cc4sc5c(c4CS3)CCCC5)cc2)CC1. The highest BCUT2D eigenvalue weighted by molar-refractivity contribution is 8.03. The van der Waals surface area contributed by atoms with E-state index in [1.165, 1.54) is 41.7 Å². The van der Waals surface area contributed by atoms with Gasteiger partial charge in [0.2, 0.25) is 0 Å². The Labute approximate surface area is 193 Å². The molecule has 4 nitrogen and oxygen atoms in total. The van der Waals surface area contributed by atoms with E-state index in [2.05, 4.69) is 40.2 Å². The molecule has 0 radical (unpaired) electrons. The van der Waals surface area contributed by atoms with Crippen LogP contribution in [0.1, 0.15) is 46.2 Å². The Morgan fingerprint density at radius 1 is 1.00 bits per heavy atom. The average Bonchev–Trinajstić information content (AvgIpc) is 3.19. The largest absolute Gasteiger partial charge is 0.322 e. The molecule has 1 aromatic carbocycles. The maximum Gasteiger partial charge on any atom is 0.262 e. The lowest BCUT2D eigenvalue weighted by Gasteiger charge is -2.34. The normalized spacial score (nSPS) is 19.5. The van der Waals surface area contributed by atoms with Crippen molar-refractivity contribution in [1.29, 1.82) is 0 Å². The molecule has 0 spiro atoms. The summed E-state index contributed by atoms with van der Waals surface area (Å²) >= 11 is 3.59. The van der Waals surface area contributed by atoms with Crippen molar-refractivity contribution < 1.29 is 4.79 Å². The van der Waals surface area contributed by atoms with E-state index in [0.717, 1.165) is 55.6 Å². The zero-order chi connectivity index (χ0) is 21.2. The maximum atomic E-state index is 12.9. The monoisotopic (exact) mass is 453 g/mol. The summed E-state index contributed by atoms with van der Waals surface area (Å²) in [4.78, 5) is 21.6. The molecule has 3 heterocycles. The molecule has 3 aliphatic rings. The van der Waals surface area contributed by atoms with Gasteiger partial charge in [-0.25, -0.2) is 0 Å². The van der Waals surface area contributed by atoms with Crippen LogP contribution in [-0.4, -0.2) is 48.4 Å². The Hall–Kier alpha value is -1.60. The number of piperazine rings is 1. The summed E-state index contributed by atoms with van der Waals surface area (Å²) in [6.07, 6.45) is 7.17. The molecule has 1 amide bonds. The van der Waals surface area contributed by atoms with Crippen LogP contribution in [-0.2, 0) is 29.9 Å². The number of thiophene rings is 1. The molecule has 0 bridgehead atoms. The predicted octanol–water partition coefficient (Wildman–Crippen LogP) is 4.99. The van der Waals surface area contributed by atoms with Crippen molar-refractivity contribution in [3.63, 3.8) is 0 Å². The third-order valence-electron chi connectivity index (χ3n) is 6.70. The second-order valence-corrected chi connectivity index (χ2v) is 10.9. The van der Waals surface area contributed by atoms with Crippen LogP contribution in [0.3, 0.4) is 0 Å². The number of carbonyl (C=O) groups is 1. The van der Waals surface area contributed by atoms with Gasteiger partial charge in [0.15, 0.2) is 0 Å². The number of nitrogens with one attached hydrogen (secondary N) is 1. The molecular formula is C25H31N3OS2. The number of nitrogens with zero attached hydrogens (tertiary/aromatic N) is 2. The number of benzene rings is 1. The highest BCUT2D eigenvalue weighted by Gasteiger charge is 2.25. The van der Waals surface area contributed by atoms with Gasteiger partial charge in [0, 0.05) is 53.9 Å². The van der Waals surface area contributed by atoms with Crippen molar-refractivity contribution in [2.75, 3.05) is 38.0 Å². The van der Waals surface area contributed by atoms with Crippen molar-refractivity contribution in [1.82, 2.24) is 9.80 Å². The van der Waals surface area contributed by atoms with Gasteiger partial charge in [0.25, 0.3) is 5.91 Å². The van der Waals surface area contributed by atoms with Crippen molar-refractivity contribution >= 4 is 40.8 Å². The van der Waals surface area contributed by atoms with Gasteiger partial charge in [0.1, 0.15) is 0 Å². The van der Waals surface area contributed by atoms with Gasteiger partial charge in [-0.2, -0.15) is 0 Å². The predicted molar refractivity (Wildman–Crippen MR) is 133 cm³/mol. The quantitative estimate of drug-likeness (QED) is 0.692. The molecular weight excluding hydrogens is 422 g/mol. The molecule has 1 saturated heterocycles. The Morgan fingerprint density at radius 2 is 1.74 bits per heavy atom. The molecule has 0 unspecified atom stereocenters. The number of hydrogen-bond donors (Lipinski definition) is 1. The van der Waals surface area contributed by atoms with Crippen LogP contribution in [0.25, 0.3) is 6.08 Å². The van der Waals surface area contributed by atoms with Gasteiger partial charge >= 0.3 is 0 Å². The number of anilines is 1. The fraction of sp³-hybridized carbons (Fsp3) is 0.480. The minimum absolute atomic E-state index is 0.0189. The summed E-state index contributed by atoms with van der Waals surface area (Å²) in [6, 6.07) is 8.38. The van der Waals surface area contributed by atoms with Crippen LogP contribution in [0.15, 0.2) is 29.2 Å². The van der Waals surface area contributed by atoms with Crippen LogP contribution >= 0.6 is 23.1 Å². The summed E-state index contributed by atoms with van der Waals surface area (Å²) < 4.78 is 0. The highest BCUT2D eigenvalue weighted by atomic mass is 32.2. The third kappa shape index (κ3) is 4.77. The molecule has 31 heavy (non-hydrogen) atoms. The van der Waals surface area contributed by atoms with E-state index >= 15 is 0 Å². The van der Waals surface area contributed by atoms with Gasteiger partial charge in [0.05, 0.1) is 4.91 Å². The van der Waals surface area contributed by atoms with Gasteiger partial charge in [-0.05, 0) is 67.1 Å². The number of fused-ring (bicyclic) bond motifs is 3. The zero-order valence-corrected chi connectivity index (χ0v) is 19.9. The number of thioether (sulfide) groups is 1. The fourth-order valence-electron chi connectivity index (χ4n) is 4.78. The zero-order valence-electron chi connectivity index (χ0n) is 18.3. The third-order valence-corrected chi connectivity index (χ3v) is 9.03. The number of aryl methyl sites for hydroxylation is 1. The first-order valence-corrected chi connectivity index (χ1v) is 13.3. The smallest absolute Gasteiger partial charge is 0.262 e. The molecule has 1 N–H and O–H groups in total. The van der Waals surface area contributed by atoms with E-state index in [4.69, 9.17) is 0 Å². The van der Waals surface area contributed by atoms with Crippen LogP contribution < -0.4 is 5.32 Å². The van der Waals surface area contributed by atoms with Crippen molar-refractivity contribution in [3.05, 3.63) is 55.6 Å². The molecule has 0 saturated carbocycles. The summed E-state index contributed by atoms with van der Waals surface area (Å²) in [5, 5.41) is 3.10. The molecule has 164 valence electrons. The molecule has 1 fully saturated rings. The van der Waals surface area contributed by atoms with Crippen molar-refractivity contribution in [3.8, 4) is 0 Å². The summed E-state index contributed by atoms with van der Waals surface area (Å²) in [6.45, 7) is 8.94. The van der Waals surface area contributed by atoms with Crippen molar-refractivity contribution in [2.45, 2.75) is 44.9 Å². The minimum Gasteiger partial charge on any atom is -0.322 e. The topological polar surface area (TPSA) is 35.6 Å². The van der Waals surface area contributed by atoms with Gasteiger partial charge in [-0.1, -0.05) is 19.1 Å². The fourth-order valence-corrected chi connectivity index (χ4v) is 7.31. The number of likely N-dealkylation sites (N-methyl/N-ethyl adjacent to an activating group) is 1. The lowest BCUT2D eigenvalue weighted by molar-refractivity contribution is -0.112. The highest BCUT2D eigenvalue weighted by Crippen LogP contribution is 2.42. The molecule has 0 atom stereocenters. The van der Waals surface area contributed by atoms with Crippen LogP contribution in [0.5, 0.6) is 0 Å². The van der Waals surface area contributed by atoms with Crippen molar-refractivity contribution in [2.24, 2.45) is 0 Å². The molecule has 5 rings (SSSR count). The molecule has 1 aromatic heterocycles. The first kappa shape index (κ1) is 21.3. The first-order chi connectivity index (χ1) is 15.2. The van der Waals surface area contributed by atoms with E-state index in [0.29, 0.717) is 0 Å². The Bertz CT molecular complexity index is 971. The lowest BCUT2D eigenvalue weighted by atomic mass is 9.95. The first-order valence-electron chi connectivity index (χ1n) is 11.5. The van der Waals surface area contributed by atoms with Crippen LogP contribution in [0, 0.1) is 0 Å². The van der Waals surface area contributed by atoms with E-state index in [1.54, 1.807) is 22.2 Å².